The van der Waals surface area contributed by atoms with Crippen LogP contribution in [0.15, 0.2) is 11.0 Å². The van der Waals surface area contributed by atoms with Crippen molar-refractivity contribution in [2.75, 3.05) is 0 Å². The molecule has 0 aromatic carbocycles. The summed E-state index contributed by atoms with van der Waals surface area (Å²) in [5.74, 6) is -0.796. The van der Waals surface area contributed by atoms with E-state index in [1.807, 2.05) is 0 Å². The van der Waals surface area contributed by atoms with Gasteiger partial charge in [-0.2, -0.15) is 0 Å². The first-order valence-electron chi connectivity index (χ1n) is 2.71. The van der Waals surface area contributed by atoms with Gasteiger partial charge in [0.1, 0.15) is 0 Å². The van der Waals surface area contributed by atoms with Gasteiger partial charge in [0.2, 0.25) is 5.91 Å². The van der Waals surface area contributed by atoms with E-state index in [-0.39, 0.29) is 5.91 Å². The van der Waals surface area contributed by atoms with Crippen LogP contribution in [-0.2, 0) is 9.59 Å². The van der Waals surface area contributed by atoms with Gasteiger partial charge in [0, 0.05) is 13.0 Å². The summed E-state index contributed by atoms with van der Waals surface area (Å²) in [6.07, 6.45) is 1.24. The molecule has 0 radical (unpaired) electrons. The summed E-state index contributed by atoms with van der Waals surface area (Å²) in [6, 6.07) is 0. The van der Waals surface area contributed by atoms with E-state index in [1.165, 1.54) is 13.0 Å². The molecule has 0 unspecified atom stereocenters. The van der Waals surface area contributed by atoms with Crippen LogP contribution in [0.2, 0.25) is 0 Å². The molecule has 0 saturated carbocycles. The third kappa shape index (κ3) is 5.37. The number of allylic oxidation sites excluding steroid dienone is 1. The number of carbonyl (C=O) groups excluding carboxylic acids is 2. The SMILES string of the molecule is CC(=O)NC(=O)C=C(C)S. The van der Waals surface area contributed by atoms with Crippen molar-refractivity contribution in [3.8, 4) is 0 Å². The van der Waals surface area contributed by atoms with Crippen LogP contribution in [0.5, 0.6) is 0 Å². The molecule has 0 bridgehead atoms. The Labute approximate surface area is 64.9 Å². The van der Waals surface area contributed by atoms with Crippen LogP contribution >= 0.6 is 12.6 Å². The van der Waals surface area contributed by atoms with Gasteiger partial charge in [-0.3, -0.25) is 14.9 Å². The van der Waals surface area contributed by atoms with Gasteiger partial charge >= 0.3 is 0 Å². The number of nitrogens with one attached hydrogen (secondary N) is 1. The van der Waals surface area contributed by atoms with Crippen molar-refractivity contribution in [2.45, 2.75) is 13.8 Å². The number of hydrogen-bond donors (Lipinski definition) is 2. The van der Waals surface area contributed by atoms with E-state index in [0.29, 0.717) is 4.91 Å². The molecular weight excluding hydrogens is 150 g/mol. The average Bonchev–Trinajstić information content (AvgIpc) is 1.58. The number of hydrogen-bond acceptors (Lipinski definition) is 3. The lowest BCUT2D eigenvalue weighted by Crippen LogP contribution is -2.25. The van der Waals surface area contributed by atoms with Gasteiger partial charge < -0.3 is 0 Å². The van der Waals surface area contributed by atoms with Crippen molar-refractivity contribution in [1.82, 2.24) is 5.32 Å². The van der Waals surface area contributed by atoms with Crippen LogP contribution in [0.4, 0.5) is 0 Å². The summed E-state index contributed by atoms with van der Waals surface area (Å²) < 4.78 is 0. The maximum Gasteiger partial charge on any atom is 0.251 e. The number of imide groups is 1. The molecule has 0 atom stereocenters. The van der Waals surface area contributed by atoms with Crippen molar-refractivity contribution in [2.24, 2.45) is 0 Å². The summed E-state index contributed by atoms with van der Waals surface area (Å²) >= 11 is 3.85. The first kappa shape index (κ1) is 9.23. The van der Waals surface area contributed by atoms with Crippen LogP contribution in [0.1, 0.15) is 13.8 Å². The molecule has 0 aromatic heterocycles. The van der Waals surface area contributed by atoms with Crippen LogP contribution in [0.25, 0.3) is 0 Å². The highest BCUT2D eigenvalue weighted by Crippen LogP contribution is 1.94. The second-order valence-electron chi connectivity index (χ2n) is 1.83. The van der Waals surface area contributed by atoms with Crippen LogP contribution in [0, 0.1) is 0 Å². The Hall–Kier alpha value is -0.770. The van der Waals surface area contributed by atoms with Gasteiger partial charge in [0.05, 0.1) is 0 Å². The first-order valence-corrected chi connectivity index (χ1v) is 3.16. The highest BCUT2D eigenvalue weighted by atomic mass is 32.1. The molecule has 56 valence electrons. The quantitative estimate of drug-likeness (QED) is 0.432. The van der Waals surface area contributed by atoms with Gasteiger partial charge in [0.15, 0.2) is 0 Å². The molecule has 0 spiro atoms. The molecule has 0 rings (SSSR count). The predicted molar refractivity (Wildman–Crippen MR) is 41.6 cm³/mol. The van der Waals surface area contributed by atoms with Gasteiger partial charge in [-0.15, -0.1) is 12.6 Å². The zero-order valence-corrected chi connectivity index (χ0v) is 6.74. The largest absolute Gasteiger partial charge is 0.293 e. The molecule has 3 nitrogen and oxygen atoms in total. The summed E-state index contributed by atoms with van der Waals surface area (Å²) in [4.78, 5) is 21.4. The van der Waals surface area contributed by atoms with Crippen molar-refractivity contribution >= 4 is 24.4 Å². The van der Waals surface area contributed by atoms with Crippen LogP contribution in [0.3, 0.4) is 0 Å². The molecule has 10 heavy (non-hydrogen) atoms. The number of carbonyl (C=O) groups is 2. The highest BCUT2D eigenvalue weighted by molar-refractivity contribution is 7.84. The molecule has 0 aromatic rings. The normalized spacial score (nSPS) is 10.9. The maximum atomic E-state index is 10.6. The topological polar surface area (TPSA) is 46.2 Å². The number of rotatable bonds is 1. The van der Waals surface area contributed by atoms with Crippen molar-refractivity contribution in [3.63, 3.8) is 0 Å². The van der Waals surface area contributed by atoms with E-state index in [9.17, 15) is 9.59 Å². The smallest absolute Gasteiger partial charge is 0.251 e. The lowest BCUT2D eigenvalue weighted by molar-refractivity contribution is -0.126. The van der Waals surface area contributed by atoms with E-state index < -0.39 is 5.91 Å². The monoisotopic (exact) mass is 159 g/mol. The first-order chi connectivity index (χ1) is 4.52. The summed E-state index contributed by atoms with van der Waals surface area (Å²) in [7, 11) is 0. The van der Waals surface area contributed by atoms with E-state index in [0.717, 1.165) is 0 Å². The van der Waals surface area contributed by atoms with E-state index >= 15 is 0 Å². The van der Waals surface area contributed by atoms with E-state index in [4.69, 9.17) is 0 Å². The minimum atomic E-state index is -0.431. The Kier molecular flexibility index (Phi) is 3.79. The molecule has 0 aliphatic carbocycles. The predicted octanol–water partition coefficient (Wildman–Crippen LogP) is 0.483. The molecule has 0 saturated heterocycles. The van der Waals surface area contributed by atoms with Crippen molar-refractivity contribution in [1.29, 1.82) is 0 Å². The Morgan fingerprint density at radius 1 is 1.40 bits per heavy atom. The maximum absolute atomic E-state index is 10.6. The van der Waals surface area contributed by atoms with Crippen molar-refractivity contribution in [3.05, 3.63) is 11.0 Å². The summed E-state index contributed by atoms with van der Waals surface area (Å²) in [5, 5.41) is 2.07. The molecule has 0 heterocycles. The Morgan fingerprint density at radius 3 is 2.20 bits per heavy atom. The summed E-state index contributed by atoms with van der Waals surface area (Å²) in [5.41, 5.74) is 0. The van der Waals surface area contributed by atoms with Gasteiger partial charge in [-0.25, -0.2) is 0 Å². The third-order valence-electron chi connectivity index (χ3n) is 0.639. The molecule has 0 fully saturated rings. The minimum Gasteiger partial charge on any atom is -0.293 e. The van der Waals surface area contributed by atoms with E-state index in [1.54, 1.807) is 6.92 Å². The number of amides is 2. The molecule has 0 aliphatic heterocycles. The second-order valence-corrected chi connectivity index (χ2v) is 2.54. The third-order valence-corrected chi connectivity index (χ3v) is 0.768. The minimum absolute atomic E-state index is 0.365. The fourth-order valence-corrected chi connectivity index (χ4v) is 0.517. The molecule has 2 amide bonds. The number of thiol groups is 1. The van der Waals surface area contributed by atoms with Gasteiger partial charge in [0.25, 0.3) is 5.91 Å². The lowest BCUT2D eigenvalue weighted by Gasteiger charge is -1.93. The zero-order chi connectivity index (χ0) is 8.15. The zero-order valence-electron chi connectivity index (χ0n) is 5.84. The summed E-state index contributed by atoms with van der Waals surface area (Å²) in [6.45, 7) is 2.93. The standard InChI is InChI=1S/C6H9NO2S/c1-4(10)3-6(9)7-5(2)8/h3,10H,1-2H3,(H,7,8,9). The fraction of sp³-hybridized carbons (Fsp3) is 0.333. The average molecular weight is 159 g/mol. The second kappa shape index (κ2) is 4.11. The molecule has 4 heteroatoms. The highest BCUT2D eigenvalue weighted by Gasteiger charge is 1.97. The Bertz CT molecular complexity index is 182. The molecule has 0 aliphatic rings. The van der Waals surface area contributed by atoms with Gasteiger partial charge in [-0.1, -0.05) is 0 Å². The van der Waals surface area contributed by atoms with E-state index in [2.05, 4.69) is 17.9 Å². The molecule has 1 N–H and O–H groups in total. The fourth-order valence-electron chi connectivity index (χ4n) is 0.399. The van der Waals surface area contributed by atoms with Crippen molar-refractivity contribution < 1.29 is 9.59 Å². The van der Waals surface area contributed by atoms with Crippen LogP contribution in [-0.4, -0.2) is 11.8 Å². The van der Waals surface area contributed by atoms with Crippen LogP contribution < -0.4 is 5.32 Å². The Morgan fingerprint density at radius 2 is 1.90 bits per heavy atom. The Balaban J connectivity index is 3.88. The lowest BCUT2D eigenvalue weighted by atomic mass is 10.5. The molecular formula is C6H9NO2S. The van der Waals surface area contributed by atoms with Gasteiger partial charge in [-0.05, 0) is 11.8 Å².